The van der Waals surface area contributed by atoms with E-state index in [4.69, 9.17) is 0 Å². The van der Waals surface area contributed by atoms with Gasteiger partial charge in [-0.05, 0) is 36.1 Å². The third-order valence-corrected chi connectivity index (χ3v) is 3.03. The van der Waals surface area contributed by atoms with E-state index in [0.717, 1.165) is 12.8 Å². The molecule has 1 aliphatic carbocycles. The van der Waals surface area contributed by atoms with Crippen LogP contribution in [0.2, 0.25) is 0 Å². The third-order valence-electron chi connectivity index (χ3n) is 3.03. The molecule has 2 aromatic rings. The Balaban J connectivity index is 0.000000395. The Hall–Kier alpha value is -2.00. The first-order chi connectivity index (χ1) is 10.3. The van der Waals surface area contributed by atoms with Crippen molar-refractivity contribution in [2.45, 2.75) is 47.0 Å². The molecule has 0 bridgehead atoms. The van der Waals surface area contributed by atoms with Gasteiger partial charge in [0.25, 0.3) is 0 Å². The van der Waals surface area contributed by atoms with Gasteiger partial charge in [0.2, 0.25) is 0 Å². The summed E-state index contributed by atoms with van der Waals surface area (Å²) in [4.78, 5) is 0. The van der Waals surface area contributed by atoms with Gasteiger partial charge in [-0.2, -0.15) is 0 Å². The van der Waals surface area contributed by atoms with Crippen LogP contribution in [0.4, 0.5) is 0 Å². The molecule has 0 saturated carbocycles. The smallest absolute Gasteiger partial charge is 0.0281 e. The Labute approximate surface area is 130 Å². The molecule has 0 aliphatic heterocycles. The van der Waals surface area contributed by atoms with Crippen molar-refractivity contribution in [1.82, 2.24) is 0 Å². The molecular weight excluding hydrogens is 252 g/mol. The molecule has 0 N–H and O–H groups in total. The van der Waals surface area contributed by atoms with Gasteiger partial charge in [-0.3, -0.25) is 0 Å². The third kappa shape index (κ3) is 5.12. The molecule has 0 atom stereocenters. The number of hydrogen-bond acceptors (Lipinski definition) is 0. The molecule has 0 fully saturated rings. The summed E-state index contributed by atoms with van der Waals surface area (Å²) in [6.45, 7) is 8.25. The fourth-order valence-electron chi connectivity index (χ4n) is 2.12. The standard InChI is InChI=1S/C16H12.C3H8.C2H6/c1-2-6-14-11-12-16-8-4-3-7-15(16)10-9-13(14)5-1;1-3-2;1-2/h1-8H,9-10H2;3H2,1-2H3;1-2H3. The Bertz CT molecular complexity index is 545. The lowest BCUT2D eigenvalue weighted by Crippen LogP contribution is -1.99. The summed E-state index contributed by atoms with van der Waals surface area (Å²) < 4.78 is 0. The molecule has 0 saturated heterocycles. The van der Waals surface area contributed by atoms with E-state index in [2.05, 4.69) is 74.2 Å². The molecule has 0 amide bonds. The minimum absolute atomic E-state index is 1.09. The summed E-state index contributed by atoms with van der Waals surface area (Å²) in [5, 5.41) is 0. The number of benzene rings is 2. The van der Waals surface area contributed by atoms with E-state index >= 15 is 0 Å². The molecule has 0 radical (unpaired) electrons. The number of aryl methyl sites for hydroxylation is 2. The lowest BCUT2D eigenvalue weighted by molar-refractivity contribution is 0.950. The number of rotatable bonds is 0. The van der Waals surface area contributed by atoms with Crippen molar-refractivity contribution in [3.05, 3.63) is 70.8 Å². The van der Waals surface area contributed by atoms with Gasteiger partial charge in [-0.1, -0.05) is 82.4 Å². The van der Waals surface area contributed by atoms with Crippen LogP contribution in [0.25, 0.3) is 0 Å². The van der Waals surface area contributed by atoms with Crippen molar-refractivity contribution in [3.63, 3.8) is 0 Å². The van der Waals surface area contributed by atoms with Gasteiger partial charge in [0.15, 0.2) is 0 Å². The molecule has 1 aliphatic rings. The highest BCUT2D eigenvalue weighted by molar-refractivity contribution is 5.51. The van der Waals surface area contributed by atoms with Crippen molar-refractivity contribution >= 4 is 0 Å². The number of fused-ring (bicyclic) bond motifs is 2. The zero-order valence-corrected chi connectivity index (χ0v) is 13.7. The Morgan fingerprint density at radius 1 is 0.714 bits per heavy atom. The first kappa shape index (κ1) is 17.1. The van der Waals surface area contributed by atoms with E-state index in [1.165, 1.54) is 28.7 Å². The van der Waals surface area contributed by atoms with Gasteiger partial charge in [-0.15, -0.1) is 0 Å². The minimum atomic E-state index is 1.09. The SMILES string of the molecule is C1#Cc2ccccc2CCc2ccccc21.CC.CCC. The predicted octanol–water partition coefficient (Wildman–Crippen LogP) is 5.63. The highest BCUT2D eigenvalue weighted by Gasteiger charge is 2.05. The van der Waals surface area contributed by atoms with E-state index in [-0.39, 0.29) is 0 Å². The van der Waals surface area contributed by atoms with E-state index in [1.54, 1.807) is 0 Å². The van der Waals surface area contributed by atoms with Crippen molar-refractivity contribution < 1.29 is 0 Å². The molecule has 110 valence electrons. The Morgan fingerprint density at radius 3 is 1.43 bits per heavy atom. The maximum Gasteiger partial charge on any atom is 0.0281 e. The lowest BCUT2D eigenvalue weighted by Gasteiger charge is -2.09. The van der Waals surface area contributed by atoms with Crippen LogP contribution in [0.1, 0.15) is 56.4 Å². The van der Waals surface area contributed by atoms with Crippen LogP contribution >= 0.6 is 0 Å². The van der Waals surface area contributed by atoms with Gasteiger partial charge >= 0.3 is 0 Å². The summed E-state index contributed by atoms with van der Waals surface area (Å²) in [7, 11) is 0. The average molecular weight is 278 g/mol. The predicted molar refractivity (Wildman–Crippen MR) is 93.6 cm³/mol. The fraction of sp³-hybridized carbons (Fsp3) is 0.333. The summed E-state index contributed by atoms with van der Waals surface area (Å²) in [5.41, 5.74) is 5.09. The second-order valence-corrected chi connectivity index (χ2v) is 4.77. The van der Waals surface area contributed by atoms with Gasteiger partial charge in [0, 0.05) is 11.1 Å². The summed E-state index contributed by atoms with van der Waals surface area (Å²) in [6.07, 6.45) is 3.42. The maximum atomic E-state index is 3.27. The normalized spacial score (nSPS) is 10.7. The lowest BCUT2D eigenvalue weighted by atomic mass is 9.95. The molecule has 0 nitrogen and oxygen atoms in total. The number of hydrogen-bond donors (Lipinski definition) is 0. The Kier molecular flexibility index (Phi) is 7.99. The second kappa shape index (κ2) is 9.83. The van der Waals surface area contributed by atoms with Gasteiger partial charge in [0.1, 0.15) is 0 Å². The van der Waals surface area contributed by atoms with E-state index in [0.29, 0.717) is 0 Å². The van der Waals surface area contributed by atoms with Gasteiger partial charge in [-0.25, -0.2) is 0 Å². The summed E-state index contributed by atoms with van der Waals surface area (Å²) >= 11 is 0. The highest BCUT2D eigenvalue weighted by Crippen LogP contribution is 2.17. The molecule has 0 spiro atoms. The van der Waals surface area contributed by atoms with Crippen LogP contribution in [-0.4, -0.2) is 0 Å². The first-order valence-corrected chi connectivity index (χ1v) is 8.03. The quantitative estimate of drug-likeness (QED) is 0.548. The van der Waals surface area contributed by atoms with Crippen LogP contribution in [0.15, 0.2) is 48.5 Å². The molecule has 3 rings (SSSR count). The topological polar surface area (TPSA) is 0 Å². The molecule has 0 heteroatoms. The van der Waals surface area contributed by atoms with Crippen LogP contribution in [-0.2, 0) is 12.8 Å². The maximum absolute atomic E-state index is 3.27. The molecular formula is C21H26. The second-order valence-electron chi connectivity index (χ2n) is 4.77. The van der Waals surface area contributed by atoms with Crippen molar-refractivity contribution in [1.29, 1.82) is 0 Å². The van der Waals surface area contributed by atoms with E-state index < -0.39 is 0 Å². The van der Waals surface area contributed by atoms with Crippen LogP contribution in [0, 0.1) is 11.8 Å². The average Bonchev–Trinajstić information content (AvgIpc) is 2.53. The zero-order chi connectivity index (χ0) is 15.5. The monoisotopic (exact) mass is 278 g/mol. The highest BCUT2D eigenvalue weighted by atomic mass is 14.1. The fourth-order valence-corrected chi connectivity index (χ4v) is 2.12. The van der Waals surface area contributed by atoms with Gasteiger partial charge in [0.05, 0.1) is 0 Å². The molecule has 0 aromatic heterocycles. The van der Waals surface area contributed by atoms with E-state index in [9.17, 15) is 0 Å². The van der Waals surface area contributed by atoms with Crippen LogP contribution in [0.5, 0.6) is 0 Å². The van der Waals surface area contributed by atoms with Crippen molar-refractivity contribution in [2.75, 3.05) is 0 Å². The molecule has 0 heterocycles. The van der Waals surface area contributed by atoms with Gasteiger partial charge < -0.3 is 0 Å². The molecule has 0 unspecified atom stereocenters. The first-order valence-electron chi connectivity index (χ1n) is 8.03. The van der Waals surface area contributed by atoms with Crippen LogP contribution < -0.4 is 0 Å². The summed E-state index contributed by atoms with van der Waals surface area (Å²) in [5.74, 6) is 6.54. The van der Waals surface area contributed by atoms with Crippen molar-refractivity contribution in [2.24, 2.45) is 0 Å². The zero-order valence-electron chi connectivity index (χ0n) is 13.7. The minimum Gasteiger partial charge on any atom is -0.0683 e. The summed E-state index contributed by atoms with van der Waals surface area (Å²) in [6, 6.07) is 16.9. The molecule has 21 heavy (non-hydrogen) atoms. The Morgan fingerprint density at radius 2 is 1.05 bits per heavy atom. The largest absolute Gasteiger partial charge is 0.0683 e. The molecule has 2 aromatic carbocycles. The van der Waals surface area contributed by atoms with Crippen molar-refractivity contribution in [3.8, 4) is 11.8 Å². The van der Waals surface area contributed by atoms with E-state index in [1.807, 2.05) is 13.8 Å². The van der Waals surface area contributed by atoms with Crippen LogP contribution in [0.3, 0.4) is 0 Å².